The first kappa shape index (κ1) is 16.1. The molecule has 3 rings (SSSR count). The van der Waals surface area contributed by atoms with E-state index in [2.05, 4.69) is 27.6 Å². The zero-order chi connectivity index (χ0) is 16.9. The summed E-state index contributed by atoms with van der Waals surface area (Å²) in [6, 6.07) is 15.7. The molecule has 0 fully saturated rings. The number of carbonyl (C=O) groups is 1. The third-order valence-corrected chi connectivity index (χ3v) is 4.22. The van der Waals surface area contributed by atoms with Crippen molar-refractivity contribution >= 4 is 23.0 Å². The summed E-state index contributed by atoms with van der Waals surface area (Å²) in [5.41, 5.74) is 13.2. The van der Waals surface area contributed by atoms with Crippen LogP contribution in [0, 0.1) is 0 Å². The molecule has 3 N–H and O–H groups in total. The molecule has 24 heavy (non-hydrogen) atoms. The monoisotopic (exact) mass is 322 g/mol. The summed E-state index contributed by atoms with van der Waals surface area (Å²) in [6.45, 7) is 3.07. The Labute approximate surface area is 142 Å². The standard InChI is InChI=1S/C19H22N4O/c1-14(15-8-10-17(20)11-9-15)21-22-19(24)13-23-12-4-6-16-5-2-3-7-18(16)23/h2-3,5,7-11H,4,6,12-13,20H2,1H3,(H,22,24)/b21-14-. The van der Waals surface area contributed by atoms with Crippen LogP contribution in [0.2, 0.25) is 0 Å². The lowest BCUT2D eigenvalue weighted by atomic mass is 10.0. The van der Waals surface area contributed by atoms with E-state index in [1.165, 1.54) is 5.56 Å². The van der Waals surface area contributed by atoms with E-state index in [0.29, 0.717) is 12.2 Å². The minimum absolute atomic E-state index is 0.110. The van der Waals surface area contributed by atoms with Crippen molar-refractivity contribution in [1.82, 2.24) is 5.43 Å². The van der Waals surface area contributed by atoms with Crippen molar-refractivity contribution in [1.29, 1.82) is 0 Å². The maximum Gasteiger partial charge on any atom is 0.259 e. The number of rotatable bonds is 4. The van der Waals surface area contributed by atoms with Gasteiger partial charge in [0.2, 0.25) is 0 Å². The van der Waals surface area contributed by atoms with Crippen LogP contribution in [0.1, 0.15) is 24.5 Å². The Morgan fingerprint density at radius 1 is 1.21 bits per heavy atom. The van der Waals surface area contributed by atoms with Crippen molar-refractivity contribution in [3.63, 3.8) is 0 Å². The molecule has 2 aromatic carbocycles. The molecule has 124 valence electrons. The van der Waals surface area contributed by atoms with E-state index in [-0.39, 0.29) is 5.91 Å². The number of aryl methyl sites for hydroxylation is 1. The van der Waals surface area contributed by atoms with E-state index >= 15 is 0 Å². The average molecular weight is 322 g/mol. The largest absolute Gasteiger partial charge is 0.399 e. The molecular formula is C19H22N4O. The molecule has 1 amide bonds. The number of amides is 1. The summed E-state index contributed by atoms with van der Waals surface area (Å²) >= 11 is 0. The molecule has 1 aliphatic rings. The first-order valence-corrected chi connectivity index (χ1v) is 8.15. The normalized spacial score (nSPS) is 14.2. The van der Waals surface area contributed by atoms with Crippen LogP contribution in [0.5, 0.6) is 0 Å². The Bertz CT molecular complexity index is 752. The van der Waals surface area contributed by atoms with Crippen LogP contribution in [0.4, 0.5) is 11.4 Å². The number of nitrogens with zero attached hydrogens (tertiary/aromatic N) is 2. The molecule has 0 aliphatic carbocycles. The zero-order valence-electron chi connectivity index (χ0n) is 13.8. The molecule has 0 atom stereocenters. The van der Waals surface area contributed by atoms with Gasteiger partial charge in [-0.05, 0) is 49.1 Å². The molecule has 1 heterocycles. The number of nitrogens with two attached hydrogens (primary N) is 1. The van der Waals surface area contributed by atoms with E-state index in [4.69, 9.17) is 5.73 Å². The Kier molecular flexibility index (Phi) is 4.79. The summed E-state index contributed by atoms with van der Waals surface area (Å²) < 4.78 is 0. The SMILES string of the molecule is C/C(=N/NC(=O)CN1CCCc2ccccc21)c1ccc(N)cc1. The van der Waals surface area contributed by atoms with Crippen LogP contribution in [-0.4, -0.2) is 24.7 Å². The molecule has 0 spiro atoms. The third kappa shape index (κ3) is 3.74. The highest BCUT2D eigenvalue weighted by Crippen LogP contribution is 2.26. The van der Waals surface area contributed by atoms with Crippen molar-refractivity contribution in [2.24, 2.45) is 5.10 Å². The molecule has 0 radical (unpaired) electrons. The van der Waals surface area contributed by atoms with E-state index in [0.717, 1.165) is 36.3 Å². The second-order valence-electron chi connectivity index (χ2n) is 6.01. The zero-order valence-corrected chi connectivity index (χ0v) is 13.8. The highest BCUT2D eigenvalue weighted by Gasteiger charge is 2.18. The molecule has 5 nitrogen and oxygen atoms in total. The predicted octanol–water partition coefficient (Wildman–Crippen LogP) is 2.56. The summed E-state index contributed by atoms with van der Waals surface area (Å²) in [7, 11) is 0. The van der Waals surface area contributed by atoms with Crippen molar-refractivity contribution in [2.45, 2.75) is 19.8 Å². The van der Waals surface area contributed by atoms with Gasteiger partial charge in [0.1, 0.15) is 0 Å². The number of anilines is 2. The van der Waals surface area contributed by atoms with Gasteiger partial charge >= 0.3 is 0 Å². The maximum atomic E-state index is 12.2. The van der Waals surface area contributed by atoms with Crippen LogP contribution < -0.4 is 16.1 Å². The van der Waals surface area contributed by atoms with E-state index in [9.17, 15) is 4.79 Å². The number of para-hydroxylation sites is 1. The lowest BCUT2D eigenvalue weighted by Crippen LogP contribution is -2.38. The lowest BCUT2D eigenvalue weighted by molar-refractivity contribution is -0.119. The quantitative estimate of drug-likeness (QED) is 0.516. The van der Waals surface area contributed by atoms with Crippen molar-refractivity contribution in [2.75, 3.05) is 23.7 Å². The lowest BCUT2D eigenvalue weighted by Gasteiger charge is -2.30. The highest BCUT2D eigenvalue weighted by molar-refractivity contribution is 5.99. The molecule has 0 aromatic heterocycles. The second-order valence-corrected chi connectivity index (χ2v) is 6.01. The number of nitrogen functional groups attached to an aromatic ring is 1. The number of nitrogens with one attached hydrogen (secondary N) is 1. The fraction of sp³-hybridized carbons (Fsp3) is 0.263. The Morgan fingerprint density at radius 2 is 1.96 bits per heavy atom. The van der Waals surface area contributed by atoms with Crippen molar-refractivity contribution in [3.05, 3.63) is 59.7 Å². The fourth-order valence-electron chi connectivity index (χ4n) is 2.92. The maximum absolute atomic E-state index is 12.2. The molecule has 5 heteroatoms. The Morgan fingerprint density at radius 3 is 2.75 bits per heavy atom. The van der Waals surface area contributed by atoms with Crippen LogP contribution in [0.3, 0.4) is 0 Å². The number of hydrogen-bond acceptors (Lipinski definition) is 4. The third-order valence-electron chi connectivity index (χ3n) is 4.22. The number of carbonyl (C=O) groups excluding carboxylic acids is 1. The fourth-order valence-corrected chi connectivity index (χ4v) is 2.92. The number of hydrogen-bond donors (Lipinski definition) is 2. The van der Waals surface area contributed by atoms with Gasteiger partial charge in [-0.2, -0.15) is 5.10 Å². The van der Waals surface area contributed by atoms with Gasteiger partial charge in [0.05, 0.1) is 12.3 Å². The molecular weight excluding hydrogens is 300 g/mol. The molecule has 2 aromatic rings. The first-order chi connectivity index (χ1) is 11.6. The predicted molar refractivity (Wildman–Crippen MR) is 98.2 cm³/mol. The van der Waals surface area contributed by atoms with E-state index in [1.54, 1.807) is 0 Å². The first-order valence-electron chi connectivity index (χ1n) is 8.15. The number of benzene rings is 2. The second kappa shape index (κ2) is 7.17. The highest BCUT2D eigenvalue weighted by atomic mass is 16.2. The minimum Gasteiger partial charge on any atom is -0.399 e. The average Bonchev–Trinajstić information content (AvgIpc) is 2.61. The van der Waals surface area contributed by atoms with Gasteiger partial charge in [-0.25, -0.2) is 5.43 Å². The molecule has 0 bridgehead atoms. The van der Waals surface area contributed by atoms with Crippen LogP contribution in [0.15, 0.2) is 53.6 Å². The smallest absolute Gasteiger partial charge is 0.259 e. The van der Waals surface area contributed by atoms with Crippen LogP contribution in [0.25, 0.3) is 0 Å². The van der Waals surface area contributed by atoms with Gasteiger partial charge < -0.3 is 10.6 Å². The number of fused-ring (bicyclic) bond motifs is 1. The summed E-state index contributed by atoms with van der Waals surface area (Å²) in [4.78, 5) is 14.3. The Balaban J connectivity index is 1.62. The van der Waals surface area contributed by atoms with E-state index < -0.39 is 0 Å². The summed E-state index contributed by atoms with van der Waals surface area (Å²) in [5.74, 6) is -0.110. The number of hydrazone groups is 1. The molecule has 0 unspecified atom stereocenters. The van der Waals surface area contributed by atoms with Gasteiger partial charge in [-0.1, -0.05) is 30.3 Å². The van der Waals surface area contributed by atoms with Gasteiger partial charge in [0.25, 0.3) is 5.91 Å². The molecule has 0 saturated heterocycles. The molecule has 0 saturated carbocycles. The van der Waals surface area contributed by atoms with Gasteiger partial charge in [0, 0.05) is 17.9 Å². The van der Waals surface area contributed by atoms with Crippen molar-refractivity contribution in [3.8, 4) is 0 Å². The molecule has 1 aliphatic heterocycles. The summed E-state index contributed by atoms with van der Waals surface area (Å²) in [5, 5.41) is 4.20. The summed E-state index contributed by atoms with van der Waals surface area (Å²) in [6.07, 6.45) is 2.14. The van der Waals surface area contributed by atoms with Crippen LogP contribution >= 0.6 is 0 Å². The van der Waals surface area contributed by atoms with E-state index in [1.807, 2.05) is 43.3 Å². The van der Waals surface area contributed by atoms with Gasteiger partial charge in [-0.15, -0.1) is 0 Å². The topological polar surface area (TPSA) is 70.7 Å². The Hall–Kier alpha value is -2.82. The van der Waals surface area contributed by atoms with Crippen LogP contribution in [-0.2, 0) is 11.2 Å². The van der Waals surface area contributed by atoms with Crippen molar-refractivity contribution < 1.29 is 4.79 Å². The van der Waals surface area contributed by atoms with Gasteiger partial charge in [-0.3, -0.25) is 4.79 Å². The minimum atomic E-state index is -0.110. The van der Waals surface area contributed by atoms with Gasteiger partial charge in [0.15, 0.2) is 0 Å².